The highest BCUT2D eigenvalue weighted by Gasteiger charge is 2.41. The predicted molar refractivity (Wildman–Crippen MR) is 72.6 cm³/mol. The Morgan fingerprint density at radius 1 is 1.17 bits per heavy atom. The Balaban J connectivity index is 1.95. The summed E-state index contributed by atoms with van der Waals surface area (Å²) in [6, 6.07) is 8.60. The van der Waals surface area contributed by atoms with Crippen LogP contribution in [0, 0.1) is 0 Å². The van der Waals surface area contributed by atoms with Gasteiger partial charge in [0.1, 0.15) is 0 Å². The summed E-state index contributed by atoms with van der Waals surface area (Å²) in [6.07, 6.45) is 7.27. The van der Waals surface area contributed by atoms with Crippen molar-refractivity contribution >= 4 is 0 Å². The maximum atomic E-state index is 10.6. The van der Waals surface area contributed by atoms with Gasteiger partial charge in [0.2, 0.25) is 0 Å². The van der Waals surface area contributed by atoms with Crippen LogP contribution in [0.1, 0.15) is 62.5 Å². The van der Waals surface area contributed by atoms with Crippen LogP contribution in [0.2, 0.25) is 0 Å². The van der Waals surface area contributed by atoms with Gasteiger partial charge < -0.3 is 5.21 Å². The summed E-state index contributed by atoms with van der Waals surface area (Å²) in [7, 11) is 0. The fourth-order valence-corrected chi connectivity index (χ4v) is 3.95. The number of hydrogen-bond acceptors (Lipinski definition) is 2. The summed E-state index contributed by atoms with van der Waals surface area (Å²) >= 11 is 0. The average molecular weight is 245 g/mol. The van der Waals surface area contributed by atoms with Crippen molar-refractivity contribution in [1.82, 2.24) is 5.06 Å². The Hall–Kier alpha value is -0.860. The van der Waals surface area contributed by atoms with Gasteiger partial charge in [0, 0.05) is 12.1 Å². The third kappa shape index (κ3) is 1.98. The highest BCUT2D eigenvalue weighted by Crippen LogP contribution is 2.43. The summed E-state index contributed by atoms with van der Waals surface area (Å²) in [5.41, 5.74) is 2.77. The van der Waals surface area contributed by atoms with Crippen molar-refractivity contribution in [3.05, 3.63) is 35.4 Å². The Labute approximate surface area is 110 Å². The van der Waals surface area contributed by atoms with Gasteiger partial charge in [0.05, 0.1) is 0 Å². The maximum absolute atomic E-state index is 10.6. The van der Waals surface area contributed by atoms with Crippen molar-refractivity contribution in [2.45, 2.75) is 63.5 Å². The third-order valence-electron chi connectivity index (χ3n) is 4.92. The van der Waals surface area contributed by atoms with Crippen molar-refractivity contribution in [1.29, 1.82) is 0 Å². The molecule has 0 amide bonds. The zero-order valence-electron chi connectivity index (χ0n) is 11.2. The van der Waals surface area contributed by atoms with E-state index < -0.39 is 0 Å². The summed E-state index contributed by atoms with van der Waals surface area (Å²) in [4.78, 5) is 0. The molecule has 0 aromatic heterocycles. The first-order valence-corrected chi connectivity index (χ1v) is 7.26. The van der Waals surface area contributed by atoms with Gasteiger partial charge in [-0.3, -0.25) is 0 Å². The fraction of sp³-hybridized carbons (Fsp3) is 0.625. The van der Waals surface area contributed by atoms with E-state index in [1.807, 2.05) is 0 Å². The van der Waals surface area contributed by atoms with Crippen LogP contribution in [0.3, 0.4) is 0 Å². The first kappa shape index (κ1) is 12.2. The lowest BCUT2D eigenvalue weighted by molar-refractivity contribution is -0.194. The molecule has 0 saturated heterocycles. The predicted octanol–water partition coefficient (Wildman–Crippen LogP) is 4.09. The molecule has 1 aromatic rings. The molecule has 1 unspecified atom stereocenters. The highest BCUT2D eigenvalue weighted by molar-refractivity contribution is 5.32. The van der Waals surface area contributed by atoms with Gasteiger partial charge in [-0.1, -0.05) is 50.5 Å². The largest absolute Gasteiger partial charge is 0.313 e. The third-order valence-corrected chi connectivity index (χ3v) is 4.92. The van der Waals surface area contributed by atoms with Gasteiger partial charge in [0.15, 0.2) is 0 Å². The Kier molecular flexibility index (Phi) is 3.16. The molecule has 0 radical (unpaired) electrons. The van der Waals surface area contributed by atoms with E-state index >= 15 is 0 Å². The van der Waals surface area contributed by atoms with Crippen molar-refractivity contribution in [2.75, 3.05) is 0 Å². The maximum Gasteiger partial charge on any atom is 0.0497 e. The molecule has 1 saturated carbocycles. The number of nitrogens with zero attached hydrogens (tertiary/aromatic N) is 1. The van der Waals surface area contributed by atoms with E-state index in [1.165, 1.54) is 30.4 Å². The van der Waals surface area contributed by atoms with E-state index in [9.17, 15) is 5.21 Å². The molecule has 1 aliphatic heterocycles. The number of rotatable bonds is 0. The molecule has 2 nitrogen and oxygen atoms in total. The molecule has 98 valence electrons. The second-order valence-electron chi connectivity index (χ2n) is 6.15. The van der Waals surface area contributed by atoms with Crippen LogP contribution in [0.25, 0.3) is 0 Å². The molecule has 18 heavy (non-hydrogen) atoms. The quantitative estimate of drug-likeness (QED) is 0.744. The van der Waals surface area contributed by atoms with Gasteiger partial charge in [0.25, 0.3) is 0 Å². The van der Waals surface area contributed by atoms with E-state index in [-0.39, 0.29) is 5.54 Å². The van der Waals surface area contributed by atoms with Crippen molar-refractivity contribution in [3.63, 3.8) is 0 Å². The lowest BCUT2D eigenvalue weighted by Gasteiger charge is -2.43. The van der Waals surface area contributed by atoms with E-state index in [2.05, 4.69) is 31.2 Å². The molecule has 1 fully saturated rings. The molecule has 2 aliphatic rings. The zero-order chi connectivity index (χ0) is 12.6. The molecule has 0 bridgehead atoms. The average Bonchev–Trinajstić information content (AvgIpc) is 2.48. The standard InChI is InChI=1S/C16H23NO/c1-13-11-16(9-5-2-6-10-16)17(18)12-14-7-3-4-8-15(13)14/h3-4,7-8,13,18H,2,5-6,9-12H2,1H3. The smallest absolute Gasteiger partial charge is 0.0497 e. The lowest BCUT2D eigenvalue weighted by atomic mass is 9.75. The van der Waals surface area contributed by atoms with Crippen LogP contribution in [-0.2, 0) is 6.54 Å². The van der Waals surface area contributed by atoms with Crippen LogP contribution >= 0.6 is 0 Å². The Morgan fingerprint density at radius 3 is 2.67 bits per heavy atom. The molecular formula is C16H23NO. The van der Waals surface area contributed by atoms with Crippen LogP contribution in [0.4, 0.5) is 0 Å². The fourth-order valence-electron chi connectivity index (χ4n) is 3.95. The van der Waals surface area contributed by atoms with Crippen LogP contribution in [0.15, 0.2) is 24.3 Å². The van der Waals surface area contributed by atoms with E-state index in [4.69, 9.17) is 0 Å². The molecule has 1 spiro atoms. The summed E-state index contributed by atoms with van der Waals surface area (Å²) in [5.74, 6) is 0.552. The van der Waals surface area contributed by atoms with Crippen molar-refractivity contribution < 1.29 is 5.21 Å². The molecular weight excluding hydrogens is 222 g/mol. The number of benzene rings is 1. The van der Waals surface area contributed by atoms with Gasteiger partial charge in [-0.15, -0.1) is 0 Å². The van der Waals surface area contributed by atoms with Gasteiger partial charge in [-0.2, -0.15) is 5.06 Å². The molecule has 2 heteroatoms. The summed E-state index contributed by atoms with van der Waals surface area (Å²) < 4.78 is 0. The normalized spacial score (nSPS) is 27.8. The SMILES string of the molecule is CC1CC2(CCCCC2)N(O)Cc2ccccc21. The molecule has 1 atom stereocenters. The first-order chi connectivity index (χ1) is 8.71. The number of hydroxylamine groups is 2. The highest BCUT2D eigenvalue weighted by atomic mass is 16.5. The van der Waals surface area contributed by atoms with Crippen LogP contribution in [-0.4, -0.2) is 15.8 Å². The molecule has 1 N–H and O–H groups in total. The minimum Gasteiger partial charge on any atom is -0.313 e. The topological polar surface area (TPSA) is 23.5 Å². The second-order valence-corrected chi connectivity index (χ2v) is 6.15. The molecule has 1 heterocycles. The summed E-state index contributed by atoms with van der Waals surface area (Å²) in [5, 5.41) is 12.2. The van der Waals surface area contributed by atoms with Crippen LogP contribution in [0.5, 0.6) is 0 Å². The number of fused-ring (bicyclic) bond motifs is 1. The van der Waals surface area contributed by atoms with Crippen molar-refractivity contribution in [3.8, 4) is 0 Å². The first-order valence-electron chi connectivity index (χ1n) is 7.26. The monoisotopic (exact) mass is 245 g/mol. The minimum absolute atomic E-state index is 0.0384. The molecule has 1 aliphatic carbocycles. The Morgan fingerprint density at radius 2 is 1.89 bits per heavy atom. The second kappa shape index (κ2) is 4.67. The van der Waals surface area contributed by atoms with Gasteiger partial charge in [-0.25, -0.2) is 0 Å². The molecule has 3 rings (SSSR count). The van der Waals surface area contributed by atoms with Gasteiger partial charge >= 0.3 is 0 Å². The van der Waals surface area contributed by atoms with Crippen molar-refractivity contribution in [2.24, 2.45) is 0 Å². The summed E-state index contributed by atoms with van der Waals surface area (Å²) in [6.45, 7) is 3.01. The lowest BCUT2D eigenvalue weighted by Crippen LogP contribution is -2.47. The van der Waals surface area contributed by atoms with E-state index in [0.717, 1.165) is 19.3 Å². The van der Waals surface area contributed by atoms with Gasteiger partial charge in [-0.05, 0) is 36.3 Å². The molecule has 1 aromatic carbocycles. The van der Waals surface area contributed by atoms with Crippen LogP contribution < -0.4 is 0 Å². The number of hydrogen-bond donors (Lipinski definition) is 1. The zero-order valence-corrected chi connectivity index (χ0v) is 11.2. The Bertz CT molecular complexity index is 423. The van der Waals surface area contributed by atoms with E-state index in [0.29, 0.717) is 12.5 Å². The minimum atomic E-state index is 0.0384. The van der Waals surface area contributed by atoms with E-state index in [1.54, 1.807) is 5.06 Å².